The third kappa shape index (κ3) is 3.21. The Hall–Kier alpha value is -2.62. The van der Waals surface area contributed by atoms with Crippen LogP contribution in [0.5, 0.6) is 0 Å². The van der Waals surface area contributed by atoms with Crippen LogP contribution in [-0.4, -0.2) is 35.7 Å². The summed E-state index contributed by atoms with van der Waals surface area (Å²) in [6.07, 6.45) is 1.00. The number of halogens is 2. The van der Waals surface area contributed by atoms with Crippen molar-refractivity contribution in [2.24, 2.45) is 10.7 Å². The van der Waals surface area contributed by atoms with Crippen LogP contribution in [-0.2, 0) is 21.8 Å². The van der Waals surface area contributed by atoms with E-state index in [1.54, 1.807) is 0 Å². The minimum absolute atomic E-state index is 0.0262. The van der Waals surface area contributed by atoms with Crippen molar-refractivity contribution in [1.82, 2.24) is 5.16 Å². The van der Waals surface area contributed by atoms with Gasteiger partial charge < -0.3 is 10.3 Å². The summed E-state index contributed by atoms with van der Waals surface area (Å²) >= 11 is 0. The molecule has 1 aliphatic rings. The zero-order chi connectivity index (χ0) is 20.9. The molecule has 0 saturated carbocycles. The molecule has 1 aromatic heterocycles. The molecule has 0 bridgehead atoms. The molecule has 1 atom stereocenters. The number of Topliss-reactive ketones (excluding diaryl/α,β-unsaturated/α-hetero) is 1. The average molecular weight is 411 g/mol. The van der Waals surface area contributed by atoms with Gasteiger partial charge in [0.2, 0.25) is 11.5 Å². The first-order chi connectivity index (χ1) is 12.9. The SMILES string of the molecule is CC1(C)C(N)=N[C@](C)(c2cc(CC(=O)c3ccno3)cc(F)c2F)CS1(=O)=O. The van der Waals surface area contributed by atoms with Gasteiger partial charge in [0.25, 0.3) is 0 Å². The highest BCUT2D eigenvalue weighted by atomic mass is 32.2. The number of aliphatic imine (C=N–C) groups is 1. The van der Waals surface area contributed by atoms with E-state index in [9.17, 15) is 22.0 Å². The molecular formula is C18H19F2N3O4S. The van der Waals surface area contributed by atoms with Gasteiger partial charge in [-0.15, -0.1) is 0 Å². The van der Waals surface area contributed by atoms with Crippen molar-refractivity contribution in [3.63, 3.8) is 0 Å². The van der Waals surface area contributed by atoms with Gasteiger partial charge in [0.05, 0.1) is 11.9 Å². The first-order valence-corrected chi connectivity index (χ1v) is 10.0. The topological polar surface area (TPSA) is 116 Å². The van der Waals surface area contributed by atoms with Crippen molar-refractivity contribution in [1.29, 1.82) is 0 Å². The van der Waals surface area contributed by atoms with E-state index in [1.165, 1.54) is 39.1 Å². The van der Waals surface area contributed by atoms with Gasteiger partial charge in [0.1, 0.15) is 16.1 Å². The summed E-state index contributed by atoms with van der Waals surface area (Å²) in [6, 6.07) is 3.47. The number of carbonyl (C=O) groups excluding carboxylic acids is 1. The standard InChI is InChI=1S/C18H19F2N3O4S/c1-17(2)16(21)23-18(3,9-28(17,25)26)11-6-10(7-12(19)15(11)20)8-13(24)14-4-5-22-27-14/h4-7H,8-9H2,1-3H3,(H2,21,23)/t18-/m0/s1. The minimum Gasteiger partial charge on any atom is -0.386 e. The van der Waals surface area contributed by atoms with E-state index in [1.807, 2.05) is 0 Å². The highest BCUT2D eigenvalue weighted by Gasteiger charge is 2.49. The molecule has 3 rings (SSSR count). The highest BCUT2D eigenvalue weighted by Crippen LogP contribution is 2.38. The van der Waals surface area contributed by atoms with Crippen molar-refractivity contribution < 1.29 is 26.5 Å². The number of aromatic nitrogens is 1. The molecule has 28 heavy (non-hydrogen) atoms. The number of nitrogens with zero attached hydrogens (tertiary/aromatic N) is 2. The van der Waals surface area contributed by atoms with Gasteiger partial charge in [0.15, 0.2) is 21.5 Å². The molecule has 0 amide bonds. The predicted molar refractivity (Wildman–Crippen MR) is 97.7 cm³/mol. The van der Waals surface area contributed by atoms with Gasteiger partial charge in [0, 0.05) is 18.1 Å². The third-order valence-electron chi connectivity index (χ3n) is 4.98. The Labute approximate surface area is 160 Å². The van der Waals surface area contributed by atoms with Crippen LogP contribution in [0.15, 0.2) is 33.9 Å². The van der Waals surface area contributed by atoms with Crippen molar-refractivity contribution in [3.8, 4) is 0 Å². The normalized spacial score (nSPS) is 23.2. The molecular weight excluding hydrogens is 392 g/mol. The second kappa shape index (κ2) is 6.47. The van der Waals surface area contributed by atoms with Gasteiger partial charge in [-0.1, -0.05) is 5.16 Å². The lowest BCUT2D eigenvalue weighted by Crippen LogP contribution is -2.55. The summed E-state index contributed by atoms with van der Waals surface area (Å²) in [7, 11) is -3.80. The second-order valence-electron chi connectivity index (χ2n) is 7.46. The van der Waals surface area contributed by atoms with Crippen LogP contribution in [0.1, 0.15) is 42.5 Å². The second-order valence-corrected chi connectivity index (χ2v) is 9.99. The van der Waals surface area contributed by atoms with E-state index in [-0.39, 0.29) is 29.1 Å². The molecule has 0 spiro atoms. The number of amidine groups is 1. The number of carbonyl (C=O) groups is 1. The molecule has 0 radical (unpaired) electrons. The van der Waals surface area contributed by atoms with Gasteiger partial charge in [-0.2, -0.15) is 0 Å². The number of sulfone groups is 1. The van der Waals surface area contributed by atoms with E-state index >= 15 is 0 Å². The molecule has 0 unspecified atom stereocenters. The molecule has 0 aliphatic carbocycles. The molecule has 10 heteroatoms. The Morgan fingerprint density at radius 2 is 1.96 bits per heavy atom. The molecule has 1 aliphatic heterocycles. The molecule has 0 fully saturated rings. The summed E-state index contributed by atoms with van der Waals surface area (Å²) in [5.41, 5.74) is 4.09. The summed E-state index contributed by atoms with van der Waals surface area (Å²) in [5.74, 6) is -3.70. The van der Waals surface area contributed by atoms with Gasteiger partial charge in [-0.25, -0.2) is 17.2 Å². The molecule has 2 N–H and O–H groups in total. The zero-order valence-electron chi connectivity index (χ0n) is 15.5. The lowest BCUT2D eigenvalue weighted by atomic mass is 9.90. The van der Waals surface area contributed by atoms with Gasteiger partial charge >= 0.3 is 0 Å². The van der Waals surface area contributed by atoms with Crippen molar-refractivity contribution in [3.05, 3.63) is 52.9 Å². The first-order valence-electron chi connectivity index (χ1n) is 8.38. The van der Waals surface area contributed by atoms with Crippen molar-refractivity contribution in [2.75, 3.05) is 5.75 Å². The Morgan fingerprint density at radius 1 is 1.29 bits per heavy atom. The molecule has 1 aromatic carbocycles. The summed E-state index contributed by atoms with van der Waals surface area (Å²) in [4.78, 5) is 16.4. The maximum atomic E-state index is 14.6. The van der Waals surface area contributed by atoms with Crippen LogP contribution in [0.4, 0.5) is 8.78 Å². The number of rotatable bonds is 4. The fourth-order valence-corrected chi connectivity index (χ4v) is 4.74. The van der Waals surface area contributed by atoms with E-state index in [2.05, 4.69) is 10.1 Å². The Morgan fingerprint density at radius 3 is 2.54 bits per heavy atom. The smallest absolute Gasteiger partial charge is 0.205 e. The third-order valence-corrected chi connectivity index (χ3v) is 7.68. The quantitative estimate of drug-likeness (QED) is 0.771. The molecule has 7 nitrogen and oxygen atoms in total. The Kier molecular flexibility index (Phi) is 4.65. The van der Waals surface area contributed by atoms with Crippen molar-refractivity contribution >= 4 is 21.5 Å². The maximum absolute atomic E-state index is 14.6. The largest absolute Gasteiger partial charge is 0.386 e. The minimum atomic E-state index is -3.80. The summed E-state index contributed by atoms with van der Waals surface area (Å²) in [6.45, 7) is 4.18. The molecule has 2 heterocycles. The van der Waals surface area contributed by atoms with Crippen LogP contribution in [0.25, 0.3) is 0 Å². The number of benzene rings is 1. The lowest BCUT2D eigenvalue weighted by molar-refractivity contribution is 0.0957. The Balaban J connectivity index is 2.08. The van der Waals surface area contributed by atoms with Gasteiger partial charge in [-0.3, -0.25) is 9.79 Å². The monoisotopic (exact) mass is 411 g/mol. The Bertz CT molecular complexity index is 1080. The number of hydrogen-bond acceptors (Lipinski definition) is 7. The number of hydrogen-bond donors (Lipinski definition) is 1. The molecule has 0 saturated heterocycles. The zero-order valence-corrected chi connectivity index (χ0v) is 16.3. The lowest BCUT2D eigenvalue weighted by Gasteiger charge is -2.38. The fraction of sp³-hybridized carbons (Fsp3) is 0.389. The van der Waals surface area contributed by atoms with E-state index in [0.717, 1.165) is 6.07 Å². The van der Waals surface area contributed by atoms with E-state index in [4.69, 9.17) is 10.3 Å². The van der Waals surface area contributed by atoms with Crippen LogP contribution < -0.4 is 5.73 Å². The summed E-state index contributed by atoms with van der Waals surface area (Å²) in [5, 5.41) is 3.43. The van der Waals surface area contributed by atoms with Crippen LogP contribution in [0.2, 0.25) is 0 Å². The first kappa shape index (κ1) is 20.1. The summed E-state index contributed by atoms with van der Waals surface area (Å²) < 4.78 is 57.5. The average Bonchev–Trinajstić information content (AvgIpc) is 3.10. The molecule has 2 aromatic rings. The predicted octanol–water partition coefficient (Wildman–Crippen LogP) is 2.16. The highest BCUT2D eigenvalue weighted by molar-refractivity contribution is 7.93. The number of ketones is 1. The van der Waals surface area contributed by atoms with Gasteiger partial charge in [-0.05, 0) is 38.5 Å². The molecule has 150 valence electrons. The van der Waals surface area contributed by atoms with E-state index < -0.39 is 43.3 Å². The van der Waals surface area contributed by atoms with Crippen molar-refractivity contribution in [2.45, 2.75) is 37.5 Å². The van der Waals surface area contributed by atoms with Crippen LogP contribution in [0.3, 0.4) is 0 Å². The van der Waals surface area contributed by atoms with Crippen LogP contribution >= 0.6 is 0 Å². The maximum Gasteiger partial charge on any atom is 0.205 e. The number of nitrogens with two attached hydrogens (primary N) is 1. The fourth-order valence-electron chi connectivity index (χ4n) is 3.05. The van der Waals surface area contributed by atoms with Crippen LogP contribution in [0, 0.1) is 11.6 Å². The van der Waals surface area contributed by atoms with E-state index in [0.29, 0.717) is 0 Å².